The Balaban J connectivity index is 1.83. The van der Waals surface area contributed by atoms with Crippen LogP contribution >= 0.6 is 0 Å². The van der Waals surface area contributed by atoms with Gasteiger partial charge in [0, 0.05) is 51.4 Å². The van der Waals surface area contributed by atoms with Gasteiger partial charge in [0.2, 0.25) is 0 Å². The van der Waals surface area contributed by atoms with Crippen molar-refractivity contribution in [1.82, 2.24) is 14.7 Å². The van der Waals surface area contributed by atoms with Crippen LogP contribution < -0.4 is 0 Å². The first-order chi connectivity index (χ1) is 17.5. The maximum absolute atomic E-state index is 10.2. The molecule has 0 radical (unpaired) electrons. The third-order valence-corrected chi connectivity index (χ3v) is 6.93. The molecule has 1 saturated heterocycles. The van der Waals surface area contributed by atoms with Crippen LogP contribution in [0.5, 0.6) is 5.75 Å². The zero-order chi connectivity index (χ0) is 25.9. The Kier molecular flexibility index (Phi) is 10.4. The van der Waals surface area contributed by atoms with Crippen LogP contribution in [-0.2, 0) is 0 Å². The molecule has 36 heavy (non-hydrogen) atoms. The molecule has 4 heteroatoms. The van der Waals surface area contributed by atoms with Gasteiger partial charge in [-0.15, -0.1) is 5.73 Å². The molecule has 1 atom stereocenters. The number of rotatable bonds is 11. The highest BCUT2D eigenvalue weighted by Gasteiger charge is 2.27. The zero-order valence-electron chi connectivity index (χ0n) is 22.2. The van der Waals surface area contributed by atoms with Crippen molar-refractivity contribution in [2.24, 2.45) is 0 Å². The first-order valence-corrected chi connectivity index (χ1v) is 13.0. The summed E-state index contributed by atoms with van der Waals surface area (Å²) in [5.41, 5.74) is 8.95. The maximum Gasteiger partial charge on any atom is 0.115 e. The van der Waals surface area contributed by atoms with Crippen LogP contribution in [0, 0.1) is 0 Å². The van der Waals surface area contributed by atoms with Crippen LogP contribution in [0.2, 0.25) is 0 Å². The smallest absolute Gasteiger partial charge is 0.115 e. The van der Waals surface area contributed by atoms with Gasteiger partial charge in [-0.1, -0.05) is 73.9 Å². The summed E-state index contributed by atoms with van der Waals surface area (Å²) in [6.07, 6.45) is 8.14. The van der Waals surface area contributed by atoms with Crippen molar-refractivity contribution in [1.29, 1.82) is 0 Å². The van der Waals surface area contributed by atoms with Gasteiger partial charge < -0.3 is 10.0 Å². The molecule has 0 aromatic heterocycles. The SMILES string of the molecule is C=C=C(c1ccc(C(c2cccc(O)c2)N2CCN(CC(/C=C\C=C)=C/C)CC2)cc1)N(CC)CC. The molecule has 0 spiro atoms. The summed E-state index contributed by atoms with van der Waals surface area (Å²) in [6, 6.07) is 16.6. The van der Waals surface area contributed by atoms with E-state index in [1.54, 1.807) is 6.07 Å². The molecule has 1 N–H and O–H groups in total. The van der Waals surface area contributed by atoms with Gasteiger partial charge in [-0.3, -0.25) is 9.80 Å². The second-order valence-electron chi connectivity index (χ2n) is 9.09. The minimum atomic E-state index is 0.0831. The number of hydrogen-bond acceptors (Lipinski definition) is 4. The Bertz CT molecular complexity index is 1100. The quantitative estimate of drug-likeness (QED) is 0.302. The summed E-state index contributed by atoms with van der Waals surface area (Å²) in [6.45, 7) is 20.8. The predicted molar refractivity (Wildman–Crippen MR) is 153 cm³/mol. The first-order valence-electron chi connectivity index (χ1n) is 13.0. The second-order valence-corrected chi connectivity index (χ2v) is 9.09. The lowest BCUT2D eigenvalue weighted by Crippen LogP contribution is -2.48. The Hall–Kier alpha value is -3.30. The fourth-order valence-electron chi connectivity index (χ4n) is 4.94. The fraction of sp³-hybridized carbons (Fsp3) is 0.344. The van der Waals surface area contributed by atoms with Crippen LogP contribution in [0.1, 0.15) is 43.5 Å². The van der Waals surface area contributed by atoms with Crippen molar-refractivity contribution in [2.75, 3.05) is 45.8 Å². The van der Waals surface area contributed by atoms with Gasteiger partial charge in [-0.05, 0) is 49.6 Å². The summed E-state index contributed by atoms with van der Waals surface area (Å²) in [4.78, 5) is 7.31. The average molecular weight is 484 g/mol. The van der Waals surface area contributed by atoms with E-state index in [0.717, 1.165) is 62.6 Å². The highest BCUT2D eigenvalue weighted by molar-refractivity contribution is 5.63. The van der Waals surface area contributed by atoms with Gasteiger partial charge in [0.05, 0.1) is 11.7 Å². The molecular formula is C32H41N3O. The molecule has 1 aliphatic heterocycles. The van der Waals surface area contributed by atoms with E-state index in [1.165, 1.54) is 11.1 Å². The van der Waals surface area contributed by atoms with E-state index in [9.17, 15) is 5.11 Å². The summed E-state index contributed by atoms with van der Waals surface area (Å²) < 4.78 is 0. The Labute approximate surface area is 217 Å². The van der Waals surface area contributed by atoms with Gasteiger partial charge in [0.15, 0.2) is 0 Å². The highest BCUT2D eigenvalue weighted by Crippen LogP contribution is 2.32. The largest absolute Gasteiger partial charge is 0.508 e. The topological polar surface area (TPSA) is 30.0 Å². The molecule has 0 aliphatic carbocycles. The molecule has 1 aliphatic rings. The van der Waals surface area contributed by atoms with Crippen molar-refractivity contribution in [2.45, 2.75) is 26.8 Å². The van der Waals surface area contributed by atoms with Gasteiger partial charge in [-0.25, -0.2) is 0 Å². The number of phenolic OH excluding ortho intramolecular Hbond substituents is 1. The molecule has 0 saturated carbocycles. The number of piperazine rings is 1. The molecule has 190 valence electrons. The van der Waals surface area contributed by atoms with Gasteiger partial charge in [0.25, 0.3) is 0 Å². The summed E-state index contributed by atoms with van der Waals surface area (Å²) in [7, 11) is 0. The summed E-state index contributed by atoms with van der Waals surface area (Å²) in [5.74, 6) is 0.304. The van der Waals surface area contributed by atoms with Crippen LogP contribution in [0.4, 0.5) is 0 Å². The van der Waals surface area contributed by atoms with E-state index in [4.69, 9.17) is 0 Å². The van der Waals surface area contributed by atoms with E-state index >= 15 is 0 Å². The van der Waals surface area contributed by atoms with E-state index in [-0.39, 0.29) is 6.04 Å². The lowest BCUT2D eigenvalue weighted by Gasteiger charge is -2.40. The number of aromatic hydroxyl groups is 1. The van der Waals surface area contributed by atoms with Gasteiger partial charge >= 0.3 is 0 Å². The molecule has 3 rings (SSSR count). The molecule has 2 aromatic rings. The standard InChI is InChI=1S/C32H41N3O/c1-6-11-13-26(7-2)25-33-20-22-35(23-21-33)32(29-14-12-15-30(36)24-29)28-18-16-27(17-19-28)31(8-3)34(9-4)10-5/h6-7,11-19,24,32,36H,1,3,9-10,20-23,25H2,2,4-5H3/b13-11-,26-7+. The van der Waals surface area contributed by atoms with Gasteiger partial charge in [0.1, 0.15) is 5.75 Å². The van der Waals surface area contributed by atoms with Crippen LogP contribution in [0.3, 0.4) is 0 Å². The minimum Gasteiger partial charge on any atom is -0.508 e. The lowest BCUT2D eigenvalue weighted by atomic mass is 9.94. The molecule has 1 unspecified atom stereocenters. The lowest BCUT2D eigenvalue weighted by molar-refractivity contribution is 0.116. The third-order valence-electron chi connectivity index (χ3n) is 6.93. The van der Waals surface area contributed by atoms with E-state index in [0.29, 0.717) is 5.75 Å². The number of nitrogens with zero attached hydrogens (tertiary/aromatic N) is 3. The number of phenols is 1. The molecule has 0 amide bonds. The zero-order valence-corrected chi connectivity index (χ0v) is 22.2. The minimum absolute atomic E-state index is 0.0831. The van der Waals surface area contributed by atoms with Crippen LogP contribution in [0.15, 0.2) is 97.3 Å². The van der Waals surface area contributed by atoms with Crippen LogP contribution in [0.25, 0.3) is 5.70 Å². The van der Waals surface area contributed by atoms with Crippen LogP contribution in [-0.4, -0.2) is 65.6 Å². The number of benzene rings is 2. The average Bonchev–Trinajstić information content (AvgIpc) is 2.91. The molecular weight excluding hydrogens is 442 g/mol. The molecule has 2 aromatic carbocycles. The number of allylic oxidation sites excluding steroid dienone is 3. The predicted octanol–water partition coefficient (Wildman–Crippen LogP) is 6.26. The van der Waals surface area contributed by atoms with Crippen molar-refractivity contribution in [3.8, 4) is 5.75 Å². The Morgan fingerprint density at radius 3 is 2.31 bits per heavy atom. The normalized spacial score (nSPS) is 16.0. The molecule has 4 nitrogen and oxygen atoms in total. The van der Waals surface area contributed by atoms with Crippen molar-refractivity contribution in [3.05, 3.63) is 114 Å². The van der Waals surface area contributed by atoms with Crippen molar-refractivity contribution in [3.63, 3.8) is 0 Å². The maximum atomic E-state index is 10.2. The molecule has 1 fully saturated rings. The monoisotopic (exact) mass is 483 g/mol. The van der Waals surface area contributed by atoms with E-state index in [1.807, 2.05) is 24.3 Å². The first kappa shape index (κ1) is 27.3. The van der Waals surface area contributed by atoms with Gasteiger partial charge in [-0.2, -0.15) is 0 Å². The Morgan fingerprint density at radius 2 is 1.75 bits per heavy atom. The summed E-state index contributed by atoms with van der Waals surface area (Å²) in [5, 5.41) is 10.2. The fourth-order valence-corrected chi connectivity index (χ4v) is 4.94. The number of hydrogen-bond donors (Lipinski definition) is 1. The van der Waals surface area contributed by atoms with Crippen molar-refractivity contribution < 1.29 is 5.11 Å². The molecule has 0 bridgehead atoms. The van der Waals surface area contributed by atoms with E-state index < -0.39 is 0 Å². The Morgan fingerprint density at radius 1 is 1.06 bits per heavy atom. The van der Waals surface area contributed by atoms with E-state index in [2.05, 4.69) is 96.8 Å². The second kappa shape index (κ2) is 13.7. The highest BCUT2D eigenvalue weighted by atomic mass is 16.3. The van der Waals surface area contributed by atoms with Crippen molar-refractivity contribution >= 4 is 5.70 Å². The third kappa shape index (κ3) is 6.89. The summed E-state index contributed by atoms with van der Waals surface area (Å²) >= 11 is 0. The molecule has 1 heterocycles.